The molecule has 1 aliphatic rings. The first-order chi connectivity index (χ1) is 14.2. The summed E-state index contributed by atoms with van der Waals surface area (Å²) in [5.41, 5.74) is 0.892. The largest absolute Gasteiger partial charge is 0.340 e. The fourth-order valence-electron chi connectivity index (χ4n) is 3.45. The van der Waals surface area contributed by atoms with Gasteiger partial charge in [0.25, 0.3) is 0 Å². The number of rotatable bonds is 7. The molecule has 152 valence electrons. The highest BCUT2D eigenvalue weighted by Crippen LogP contribution is 2.21. The number of nitrogens with zero attached hydrogens (tertiary/aromatic N) is 4. The first-order valence-corrected chi connectivity index (χ1v) is 11.0. The summed E-state index contributed by atoms with van der Waals surface area (Å²) in [4.78, 5) is 22.4. The molecular formula is C21H23ClN4O2S. The van der Waals surface area contributed by atoms with Crippen LogP contribution < -0.4 is 0 Å². The molecule has 0 radical (unpaired) electrons. The first-order valence-electron chi connectivity index (χ1n) is 9.79. The molecule has 8 heteroatoms. The maximum atomic E-state index is 12.5. The standard InChI is InChI=1S/C21H23ClN4O2S/c22-17-6-2-1-5-16(17)15-20(27)26-12-10-25(11-13-26)9-3-8-19-23-21(24-28-19)18-7-4-14-29-18/h1-2,4-7,14H,3,8-13,15H2. The molecule has 0 spiro atoms. The second-order valence-electron chi connectivity index (χ2n) is 7.08. The summed E-state index contributed by atoms with van der Waals surface area (Å²) >= 11 is 7.78. The molecule has 29 heavy (non-hydrogen) atoms. The highest BCUT2D eigenvalue weighted by molar-refractivity contribution is 7.13. The number of thiophene rings is 1. The summed E-state index contributed by atoms with van der Waals surface area (Å²) in [5, 5.41) is 6.71. The average Bonchev–Trinajstić information content (AvgIpc) is 3.42. The van der Waals surface area contributed by atoms with Crippen LogP contribution in [0.2, 0.25) is 5.02 Å². The predicted molar refractivity (Wildman–Crippen MR) is 114 cm³/mol. The predicted octanol–water partition coefficient (Wildman–Crippen LogP) is 3.77. The Kier molecular flexibility index (Phi) is 6.59. The van der Waals surface area contributed by atoms with Crippen LogP contribution in [0.25, 0.3) is 10.7 Å². The van der Waals surface area contributed by atoms with Gasteiger partial charge in [-0.2, -0.15) is 4.98 Å². The Morgan fingerprint density at radius 2 is 1.97 bits per heavy atom. The zero-order chi connectivity index (χ0) is 20.1. The smallest absolute Gasteiger partial charge is 0.227 e. The van der Waals surface area contributed by atoms with Crippen LogP contribution in [0.3, 0.4) is 0 Å². The minimum absolute atomic E-state index is 0.143. The molecule has 2 aromatic heterocycles. The lowest BCUT2D eigenvalue weighted by Crippen LogP contribution is -2.49. The molecule has 3 aromatic rings. The van der Waals surface area contributed by atoms with Crippen molar-refractivity contribution in [2.45, 2.75) is 19.3 Å². The lowest BCUT2D eigenvalue weighted by Gasteiger charge is -2.34. The van der Waals surface area contributed by atoms with E-state index in [4.69, 9.17) is 16.1 Å². The molecule has 1 saturated heterocycles. The molecule has 0 atom stereocenters. The second-order valence-corrected chi connectivity index (χ2v) is 8.44. The van der Waals surface area contributed by atoms with E-state index in [1.807, 2.05) is 46.7 Å². The van der Waals surface area contributed by atoms with E-state index in [9.17, 15) is 4.79 Å². The van der Waals surface area contributed by atoms with Gasteiger partial charge in [-0.05, 0) is 36.0 Å². The molecule has 4 rings (SSSR count). The first kappa shape index (κ1) is 20.1. The number of hydrogen-bond acceptors (Lipinski definition) is 6. The third-order valence-electron chi connectivity index (χ3n) is 5.10. The third-order valence-corrected chi connectivity index (χ3v) is 6.33. The zero-order valence-electron chi connectivity index (χ0n) is 16.1. The van der Waals surface area contributed by atoms with E-state index in [1.54, 1.807) is 11.3 Å². The van der Waals surface area contributed by atoms with E-state index in [1.165, 1.54) is 0 Å². The van der Waals surface area contributed by atoms with Crippen molar-refractivity contribution in [1.29, 1.82) is 0 Å². The molecule has 0 N–H and O–H groups in total. The molecule has 6 nitrogen and oxygen atoms in total. The van der Waals surface area contributed by atoms with Gasteiger partial charge in [-0.25, -0.2) is 0 Å². The van der Waals surface area contributed by atoms with Crippen molar-refractivity contribution in [2.75, 3.05) is 32.7 Å². The van der Waals surface area contributed by atoms with E-state index in [0.717, 1.165) is 56.0 Å². The number of carbonyl (C=O) groups is 1. The van der Waals surface area contributed by atoms with Crippen molar-refractivity contribution in [1.82, 2.24) is 19.9 Å². The SMILES string of the molecule is O=C(Cc1ccccc1Cl)N1CCN(CCCc2nc(-c3cccs3)no2)CC1. The molecule has 0 bridgehead atoms. The van der Waals surface area contributed by atoms with Gasteiger partial charge in [0.2, 0.25) is 17.6 Å². The van der Waals surface area contributed by atoms with Crippen LogP contribution in [0.15, 0.2) is 46.3 Å². The van der Waals surface area contributed by atoms with E-state index < -0.39 is 0 Å². The number of aromatic nitrogens is 2. The number of benzene rings is 1. The lowest BCUT2D eigenvalue weighted by atomic mass is 10.1. The normalized spacial score (nSPS) is 15.0. The Labute approximate surface area is 179 Å². The van der Waals surface area contributed by atoms with Crippen LogP contribution in [-0.4, -0.2) is 58.6 Å². The van der Waals surface area contributed by atoms with Gasteiger partial charge in [-0.15, -0.1) is 11.3 Å². The number of amides is 1. The molecule has 0 unspecified atom stereocenters. The molecular weight excluding hydrogens is 408 g/mol. The summed E-state index contributed by atoms with van der Waals surface area (Å²) in [6, 6.07) is 11.5. The van der Waals surface area contributed by atoms with Crippen LogP contribution in [0.4, 0.5) is 0 Å². The number of hydrogen-bond donors (Lipinski definition) is 0. The highest BCUT2D eigenvalue weighted by Gasteiger charge is 2.21. The van der Waals surface area contributed by atoms with Crippen molar-refractivity contribution in [3.63, 3.8) is 0 Å². The Balaban J connectivity index is 1.18. The highest BCUT2D eigenvalue weighted by atomic mass is 35.5. The quantitative estimate of drug-likeness (QED) is 0.571. The maximum absolute atomic E-state index is 12.5. The van der Waals surface area contributed by atoms with Crippen LogP contribution >= 0.6 is 22.9 Å². The van der Waals surface area contributed by atoms with Gasteiger partial charge >= 0.3 is 0 Å². The molecule has 1 aromatic carbocycles. The monoisotopic (exact) mass is 430 g/mol. The minimum Gasteiger partial charge on any atom is -0.340 e. The Hall–Kier alpha value is -2.22. The summed E-state index contributed by atoms with van der Waals surface area (Å²) < 4.78 is 5.36. The summed E-state index contributed by atoms with van der Waals surface area (Å²) in [5.74, 6) is 1.49. The number of halogens is 1. The van der Waals surface area contributed by atoms with Crippen molar-refractivity contribution >= 4 is 28.8 Å². The van der Waals surface area contributed by atoms with Crippen molar-refractivity contribution in [3.05, 3.63) is 58.3 Å². The van der Waals surface area contributed by atoms with Gasteiger partial charge in [0.05, 0.1) is 11.3 Å². The van der Waals surface area contributed by atoms with Crippen molar-refractivity contribution in [3.8, 4) is 10.7 Å². The topological polar surface area (TPSA) is 62.5 Å². The van der Waals surface area contributed by atoms with Crippen LogP contribution in [0.1, 0.15) is 17.9 Å². The molecule has 0 saturated carbocycles. The van der Waals surface area contributed by atoms with Crippen molar-refractivity contribution in [2.24, 2.45) is 0 Å². The lowest BCUT2D eigenvalue weighted by molar-refractivity contribution is -0.132. The number of carbonyl (C=O) groups excluding carboxylic acids is 1. The van der Waals surface area contributed by atoms with E-state index in [2.05, 4.69) is 15.0 Å². The Morgan fingerprint density at radius 3 is 2.72 bits per heavy atom. The van der Waals surface area contributed by atoms with Crippen LogP contribution in [0, 0.1) is 0 Å². The Bertz CT molecular complexity index is 936. The zero-order valence-corrected chi connectivity index (χ0v) is 17.7. The van der Waals surface area contributed by atoms with Crippen LogP contribution in [-0.2, 0) is 17.6 Å². The summed E-state index contributed by atoms with van der Waals surface area (Å²) in [6.07, 6.45) is 2.09. The van der Waals surface area contributed by atoms with Gasteiger partial charge in [0.1, 0.15) is 0 Å². The van der Waals surface area contributed by atoms with E-state index >= 15 is 0 Å². The minimum atomic E-state index is 0.143. The molecule has 0 aliphatic carbocycles. The second kappa shape index (κ2) is 9.52. The Morgan fingerprint density at radius 1 is 1.14 bits per heavy atom. The number of aryl methyl sites for hydroxylation is 1. The fraction of sp³-hybridized carbons (Fsp3) is 0.381. The van der Waals surface area contributed by atoms with Gasteiger partial charge in [0.15, 0.2) is 0 Å². The third kappa shape index (κ3) is 5.23. The summed E-state index contributed by atoms with van der Waals surface area (Å²) in [6.45, 7) is 4.25. The van der Waals surface area contributed by atoms with E-state index in [-0.39, 0.29) is 5.91 Å². The molecule has 1 aliphatic heterocycles. The molecule has 1 fully saturated rings. The number of piperazine rings is 1. The summed E-state index contributed by atoms with van der Waals surface area (Å²) in [7, 11) is 0. The molecule has 3 heterocycles. The average molecular weight is 431 g/mol. The maximum Gasteiger partial charge on any atom is 0.227 e. The van der Waals surface area contributed by atoms with Crippen molar-refractivity contribution < 1.29 is 9.32 Å². The van der Waals surface area contributed by atoms with E-state index in [0.29, 0.717) is 23.2 Å². The van der Waals surface area contributed by atoms with Gasteiger partial charge in [-0.3, -0.25) is 9.69 Å². The van der Waals surface area contributed by atoms with Gasteiger partial charge in [0, 0.05) is 37.6 Å². The van der Waals surface area contributed by atoms with Crippen LogP contribution in [0.5, 0.6) is 0 Å². The molecule has 1 amide bonds. The van der Waals surface area contributed by atoms with Gasteiger partial charge in [-0.1, -0.05) is 41.0 Å². The van der Waals surface area contributed by atoms with Gasteiger partial charge < -0.3 is 9.42 Å². The fourth-order valence-corrected chi connectivity index (χ4v) is 4.31.